The molecule has 2 aliphatic rings. The number of hydrogen-bond donors (Lipinski definition) is 2. The van der Waals surface area contributed by atoms with E-state index in [1.165, 1.54) is 12.8 Å². The van der Waals surface area contributed by atoms with Gasteiger partial charge in [0.1, 0.15) is 5.65 Å². The number of carbonyl (C=O) groups is 2. The Morgan fingerprint density at radius 1 is 1.17 bits per heavy atom. The smallest absolute Gasteiger partial charge is 0.261 e. The van der Waals surface area contributed by atoms with E-state index < -0.39 is 11.8 Å². The molecule has 1 aliphatic heterocycles. The third-order valence-electron chi connectivity index (χ3n) is 7.58. The maximum Gasteiger partial charge on any atom is 0.261 e. The third kappa shape index (κ3) is 4.20. The van der Waals surface area contributed by atoms with Crippen molar-refractivity contribution in [1.82, 2.24) is 24.6 Å². The summed E-state index contributed by atoms with van der Waals surface area (Å²) in [4.78, 5) is 30.5. The average Bonchev–Trinajstić information content (AvgIpc) is 3.52. The molecule has 8 nitrogen and oxygen atoms in total. The van der Waals surface area contributed by atoms with Crippen molar-refractivity contribution in [2.24, 2.45) is 17.8 Å². The van der Waals surface area contributed by atoms with Crippen molar-refractivity contribution in [3.63, 3.8) is 0 Å². The third-order valence-corrected chi connectivity index (χ3v) is 7.58. The fraction of sp³-hybridized carbons (Fsp3) is 0.481. The number of nitrogens with zero attached hydrogens (tertiary/aromatic N) is 4. The zero-order valence-electron chi connectivity index (χ0n) is 20.6. The molecule has 184 valence electrons. The van der Waals surface area contributed by atoms with Gasteiger partial charge in [-0.15, -0.1) is 0 Å². The number of nitrogens with one attached hydrogen (secondary N) is 1. The van der Waals surface area contributed by atoms with Crippen molar-refractivity contribution >= 4 is 34.0 Å². The molecule has 2 N–H and O–H groups in total. The molecule has 35 heavy (non-hydrogen) atoms. The van der Waals surface area contributed by atoms with E-state index in [-0.39, 0.29) is 12.6 Å². The van der Waals surface area contributed by atoms with Crippen molar-refractivity contribution in [3.05, 3.63) is 48.0 Å². The van der Waals surface area contributed by atoms with E-state index in [9.17, 15) is 14.7 Å². The number of aliphatic hydroxyl groups is 1. The zero-order valence-corrected chi connectivity index (χ0v) is 20.6. The summed E-state index contributed by atoms with van der Waals surface area (Å²) in [6.07, 6.45) is 9.55. The number of carbonyl (C=O) groups excluding carboxylic acids is 2. The lowest BCUT2D eigenvalue weighted by Crippen LogP contribution is -2.30. The highest BCUT2D eigenvalue weighted by Gasteiger charge is 2.37. The van der Waals surface area contributed by atoms with Gasteiger partial charge in [0.2, 0.25) is 0 Å². The maximum absolute atomic E-state index is 13.0. The highest BCUT2D eigenvalue weighted by Crippen LogP contribution is 2.41. The second kappa shape index (κ2) is 9.41. The van der Waals surface area contributed by atoms with Gasteiger partial charge in [0.05, 0.1) is 22.9 Å². The minimum Gasteiger partial charge on any atom is -0.396 e. The number of amides is 2. The van der Waals surface area contributed by atoms with Crippen LogP contribution in [0.15, 0.2) is 36.8 Å². The van der Waals surface area contributed by atoms with Gasteiger partial charge < -0.3 is 9.67 Å². The standard InChI is InChI=1S/C27H33N5O3/c1-16(2)18-8-7-17(3)14-22(18)32-12-9-21(30-32)24-23(26(34)29-27(24)35)20-15-31(11-5-13-33)25-19(20)6-4-10-28-25/h4,6,9-10,12,15-18,22,33H,5,7-8,11,13-14H2,1-3H3,(H,29,34,35). The molecule has 1 saturated carbocycles. The number of imide groups is 1. The first kappa shape index (κ1) is 23.5. The van der Waals surface area contributed by atoms with Gasteiger partial charge >= 0.3 is 0 Å². The second-order valence-electron chi connectivity index (χ2n) is 10.3. The minimum atomic E-state index is -0.423. The molecular weight excluding hydrogens is 442 g/mol. The Balaban J connectivity index is 1.60. The van der Waals surface area contributed by atoms with Crippen molar-refractivity contribution in [2.75, 3.05) is 6.61 Å². The van der Waals surface area contributed by atoms with Crippen LogP contribution in [0.4, 0.5) is 0 Å². The van der Waals surface area contributed by atoms with Gasteiger partial charge in [-0.25, -0.2) is 4.98 Å². The number of fused-ring (bicyclic) bond motifs is 1. The molecule has 0 saturated heterocycles. The molecule has 0 aromatic carbocycles. The van der Waals surface area contributed by atoms with Crippen LogP contribution < -0.4 is 5.32 Å². The molecule has 1 fully saturated rings. The van der Waals surface area contributed by atoms with Crippen LogP contribution in [0.25, 0.3) is 22.2 Å². The molecule has 0 spiro atoms. The van der Waals surface area contributed by atoms with Gasteiger partial charge in [0.15, 0.2) is 0 Å². The lowest BCUT2D eigenvalue weighted by molar-refractivity contribution is -0.122. The van der Waals surface area contributed by atoms with Crippen molar-refractivity contribution in [2.45, 2.75) is 59.0 Å². The van der Waals surface area contributed by atoms with E-state index in [1.54, 1.807) is 6.20 Å². The van der Waals surface area contributed by atoms with Crippen LogP contribution in [0.1, 0.15) is 63.8 Å². The lowest BCUT2D eigenvalue weighted by Gasteiger charge is -2.37. The van der Waals surface area contributed by atoms with Crippen LogP contribution in [0.2, 0.25) is 0 Å². The number of aliphatic hydroxyl groups excluding tert-OH is 1. The summed E-state index contributed by atoms with van der Waals surface area (Å²) >= 11 is 0. The van der Waals surface area contributed by atoms with Crippen LogP contribution in [-0.2, 0) is 16.1 Å². The first-order valence-electron chi connectivity index (χ1n) is 12.6. The van der Waals surface area contributed by atoms with E-state index in [2.05, 4.69) is 31.1 Å². The van der Waals surface area contributed by atoms with Crippen molar-refractivity contribution in [3.8, 4) is 0 Å². The minimum absolute atomic E-state index is 0.0589. The molecule has 3 aromatic heterocycles. The molecule has 3 unspecified atom stereocenters. The Bertz CT molecular complexity index is 1300. The number of aromatic nitrogens is 4. The van der Waals surface area contributed by atoms with Crippen LogP contribution in [0, 0.1) is 17.8 Å². The Hall–Kier alpha value is -3.26. The molecule has 5 rings (SSSR count). The summed E-state index contributed by atoms with van der Waals surface area (Å²) in [5, 5.41) is 17.5. The van der Waals surface area contributed by atoms with Crippen LogP contribution >= 0.6 is 0 Å². The monoisotopic (exact) mass is 475 g/mol. The van der Waals surface area contributed by atoms with Gasteiger partial charge in [-0.2, -0.15) is 5.10 Å². The molecule has 4 heterocycles. The molecular formula is C27H33N5O3. The Morgan fingerprint density at radius 3 is 2.74 bits per heavy atom. The topological polar surface area (TPSA) is 102 Å². The number of aryl methyl sites for hydroxylation is 1. The number of pyridine rings is 1. The van der Waals surface area contributed by atoms with Gasteiger partial charge in [-0.05, 0) is 55.2 Å². The highest BCUT2D eigenvalue weighted by molar-refractivity contribution is 6.49. The van der Waals surface area contributed by atoms with E-state index in [1.807, 2.05) is 39.8 Å². The Kier molecular flexibility index (Phi) is 6.32. The summed E-state index contributed by atoms with van der Waals surface area (Å²) in [5.41, 5.74) is 2.54. The fourth-order valence-electron chi connectivity index (χ4n) is 5.80. The van der Waals surface area contributed by atoms with Crippen molar-refractivity contribution in [1.29, 1.82) is 0 Å². The molecule has 1 aliphatic carbocycles. The summed E-state index contributed by atoms with van der Waals surface area (Å²) in [6, 6.07) is 5.86. The van der Waals surface area contributed by atoms with Gasteiger partial charge in [0.25, 0.3) is 11.8 Å². The largest absolute Gasteiger partial charge is 0.396 e. The fourth-order valence-corrected chi connectivity index (χ4v) is 5.80. The summed E-state index contributed by atoms with van der Waals surface area (Å²) in [7, 11) is 0. The molecule has 8 heteroatoms. The SMILES string of the molecule is CC1CCC(C(C)C)C(n2ccc(C3=C(c4cn(CCCO)c5ncccc45)C(=O)NC3=O)n2)C1. The Labute approximate surface area is 205 Å². The zero-order chi connectivity index (χ0) is 24.7. The van der Waals surface area contributed by atoms with Crippen LogP contribution in [0.5, 0.6) is 0 Å². The van der Waals surface area contributed by atoms with E-state index >= 15 is 0 Å². The summed E-state index contributed by atoms with van der Waals surface area (Å²) < 4.78 is 3.94. The molecule has 0 bridgehead atoms. The first-order valence-corrected chi connectivity index (χ1v) is 12.6. The van der Waals surface area contributed by atoms with Crippen LogP contribution in [0.3, 0.4) is 0 Å². The molecule has 2 amide bonds. The maximum atomic E-state index is 13.0. The molecule has 3 aromatic rings. The second-order valence-corrected chi connectivity index (χ2v) is 10.3. The molecule has 3 atom stereocenters. The van der Waals surface area contributed by atoms with E-state index in [4.69, 9.17) is 5.10 Å². The lowest BCUT2D eigenvalue weighted by atomic mass is 9.74. The predicted octanol–water partition coefficient (Wildman–Crippen LogP) is 3.82. The predicted molar refractivity (Wildman–Crippen MR) is 134 cm³/mol. The van der Waals surface area contributed by atoms with Gasteiger partial charge in [0, 0.05) is 42.7 Å². The van der Waals surface area contributed by atoms with Gasteiger partial charge in [-0.1, -0.05) is 27.2 Å². The van der Waals surface area contributed by atoms with Gasteiger partial charge in [-0.3, -0.25) is 19.6 Å². The van der Waals surface area contributed by atoms with E-state index in [0.717, 1.165) is 17.5 Å². The highest BCUT2D eigenvalue weighted by atomic mass is 16.3. The normalized spacial score (nSPS) is 23.1. The van der Waals surface area contributed by atoms with Crippen LogP contribution in [-0.4, -0.2) is 42.9 Å². The quantitative estimate of drug-likeness (QED) is 0.506. The number of rotatable bonds is 7. The summed E-state index contributed by atoms with van der Waals surface area (Å²) in [5.74, 6) is 0.862. The number of hydrogen-bond acceptors (Lipinski definition) is 5. The summed E-state index contributed by atoms with van der Waals surface area (Å²) in [6.45, 7) is 7.44. The van der Waals surface area contributed by atoms with E-state index in [0.29, 0.717) is 53.1 Å². The first-order chi connectivity index (χ1) is 16.9. The Morgan fingerprint density at radius 2 is 1.97 bits per heavy atom. The molecule has 0 radical (unpaired) electrons. The van der Waals surface area contributed by atoms with Crippen molar-refractivity contribution < 1.29 is 14.7 Å². The average molecular weight is 476 g/mol.